The minimum absolute atomic E-state index is 0.171. The highest BCUT2D eigenvalue weighted by molar-refractivity contribution is 5.70. The maximum absolute atomic E-state index is 12.8. The maximum Gasteiger partial charge on any atom is 0.306 e. The topological polar surface area (TPSA) is 152 Å². The standard InChI is InChI=1S/C55H100O10/c1-3-5-7-9-11-13-15-17-19-21-22-23-24-25-26-28-30-32-34-36-38-40-42-44-51(58)64-48(47-63-55-54(61)53(60)52(59)49(45-56)65-55)46-62-50(57)43-41-39-37-35-33-31-29-27-20-18-16-14-12-10-8-6-4-2/h18,20,28,30,36,38,48-49,52-56,59-61H,3-17,19,21-27,29,31-35,37,39-47H2,1-2H3/b20-18+,30-28+,38-36+/t48-,49-,52+,53?,54?,55-/m1/s1. The van der Waals surface area contributed by atoms with Crippen molar-refractivity contribution in [1.82, 2.24) is 0 Å². The number of hydrogen-bond acceptors (Lipinski definition) is 10. The molecular formula is C55H100O10. The maximum atomic E-state index is 12.8. The molecule has 0 aromatic heterocycles. The molecule has 1 aliphatic heterocycles. The molecule has 1 saturated heterocycles. The van der Waals surface area contributed by atoms with E-state index >= 15 is 0 Å². The van der Waals surface area contributed by atoms with Crippen LogP contribution in [-0.2, 0) is 28.5 Å². The third-order valence-electron chi connectivity index (χ3n) is 12.5. The first-order valence-corrected chi connectivity index (χ1v) is 27.1. The van der Waals surface area contributed by atoms with Crippen LogP contribution in [0.2, 0.25) is 0 Å². The molecule has 65 heavy (non-hydrogen) atoms. The molecule has 0 bridgehead atoms. The van der Waals surface area contributed by atoms with Gasteiger partial charge in [-0.25, -0.2) is 0 Å². The van der Waals surface area contributed by atoms with Crippen LogP contribution >= 0.6 is 0 Å². The summed E-state index contributed by atoms with van der Waals surface area (Å²) in [6.07, 6.45) is 47.4. The number of carbonyl (C=O) groups is 2. The van der Waals surface area contributed by atoms with Crippen LogP contribution in [0.3, 0.4) is 0 Å². The molecule has 380 valence electrons. The minimum Gasteiger partial charge on any atom is -0.462 e. The number of ether oxygens (including phenoxy) is 4. The molecular weight excluding hydrogens is 821 g/mol. The van der Waals surface area contributed by atoms with Gasteiger partial charge in [-0.3, -0.25) is 9.59 Å². The molecule has 0 aromatic rings. The van der Waals surface area contributed by atoms with Gasteiger partial charge in [0.25, 0.3) is 0 Å². The van der Waals surface area contributed by atoms with Crippen LogP contribution in [0.5, 0.6) is 0 Å². The lowest BCUT2D eigenvalue weighted by Crippen LogP contribution is -2.59. The van der Waals surface area contributed by atoms with Gasteiger partial charge in [0.15, 0.2) is 12.4 Å². The van der Waals surface area contributed by atoms with E-state index in [-0.39, 0.29) is 32.0 Å². The van der Waals surface area contributed by atoms with Crippen LogP contribution in [0.15, 0.2) is 36.5 Å². The van der Waals surface area contributed by atoms with E-state index in [4.69, 9.17) is 18.9 Å². The molecule has 0 saturated carbocycles. The first kappa shape index (κ1) is 60.9. The van der Waals surface area contributed by atoms with Gasteiger partial charge in [-0.05, 0) is 70.6 Å². The lowest BCUT2D eigenvalue weighted by atomic mass is 9.99. The largest absolute Gasteiger partial charge is 0.462 e. The molecule has 0 aromatic carbocycles. The zero-order chi connectivity index (χ0) is 47.3. The predicted molar refractivity (Wildman–Crippen MR) is 266 cm³/mol. The second-order valence-corrected chi connectivity index (χ2v) is 18.7. The van der Waals surface area contributed by atoms with E-state index < -0.39 is 49.4 Å². The number of esters is 2. The van der Waals surface area contributed by atoms with Gasteiger partial charge in [0.1, 0.15) is 31.0 Å². The van der Waals surface area contributed by atoms with Crippen LogP contribution in [0, 0.1) is 0 Å². The van der Waals surface area contributed by atoms with Crippen molar-refractivity contribution in [3.63, 3.8) is 0 Å². The third kappa shape index (κ3) is 36.6. The van der Waals surface area contributed by atoms with Crippen LogP contribution in [-0.4, -0.2) is 89.0 Å². The van der Waals surface area contributed by atoms with E-state index in [0.29, 0.717) is 6.42 Å². The molecule has 0 radical (unpaired) electrons. The quantitative estimate of drug-likeness (QED) is 0.0264. The lowest BCUT2D eigenvalue weighted by Gasteiger charge is -2.39. The van der Waals surface area contributed by atoms with Crippen molar-refractivity contribution >= 4 is 11.9 Å². The van der Waals surface area contributed by atoms with Gasteiger partial charge >= 0.3 is 11.9 Å². The number of hydrogen-bond donors (Lipinski definition) is 4. The Hall–Kier alpha value is -2.08. The monoisotopic (exact) mass is 921 g/mol. The number of carbonyl (C=O) groups excluding carboxylic acids is 2. The Morgan fingerprint density at radius 1 is 0.462 bits per heavy atom. The molecule has 2 unspecified atom stereocenters. The first-order chi connectivity index (χ1) is 31.8. The Labute approximate surface area is 397 Å². The molecule has 4 N–H and O–H groups in total. The average molecular weight is 921 g/mol. The molecule has 1 fully saturated rings. The zero-order valence-electron chi connectivity index (χ0n) is 41.7. The average Bonchev–Trinajstić information content (AvgIpc) is 3.30. The zero-order valence-corrected chi connectivity index (χ0v) is 41.7. The Morgan fingerprint density at radius 3 is 1.29 bits per heavy atom. The second-order valence-electron chi connectivity index (χ2n) is 18.7. The second kappa shape index (κ2) is 45.7. The van der Waals surface area contributed by atoms with Crippen LogP contribution < -0.4 is 0 Å². The number of unbranched alkanes of at least 4 members (excludes halogenated alkanes) is 29. The van der Waals surface area contributed by atoms with Crippen molar-refractivity contribution in [1.29, 1.82) is 0 Å². The van der Waals surface area contributed by atoms with Crippen molar-refractivity contribution < 1.29 is 49.0 Å². The van der Waals surface area contributed by atoms with Crippen molar-refractivity contribution in [2.24, 2.45) is 0 Å². The third-order valence-corrected chi connectivity index (χ3v) is 12.5. The highest BCUT2D eigenvalue weighted by Crippen LogP contribution is 2.23. The predicted octanol–water partition coefficient (Wildman–Crippen LogP) is 13.0. The van der Waals surface area contributed by atoms with Crippen LogP contribution in [0.4, 0.5) is 0 Å². The van der Waals surface area contributed by atoms with Crippen LogP contribution in [0.1, 0.15) is 245 Å². The van der Waals surface area contributed by atoms with Gasteiger partial charge in [0.05, 0.1) is 13.2 Å². The summed E-state index contributed by atoms with van der Waals surface area (Å²) in [6.45, 7) is 3.41. The van der Waals surface area contributed by atoms with E-state index in [1.165, 1.54) is 154 Å². The van der Waals surface area contributed by atoms with E-state index in [9.17, 15) is 30.0 Å². The number of aliphatic hydroxyl groups excluding tert-OH is 4. The SMILES string of the molecule is CCCCCCCC/C=C/CCCCCCCCCC(=O)OC[C@H](CO[C@@H]1O[C@H](CO)[C@H](O)C(O)C1O)OC(=O)CCC/C=C/CC/C=C/CCCCCCCCCCCCCCCC. The molecule has 0 aliphatic carbocycles. The highest BCUT2D eigenvalue weighted by atomic mass is 16.7. The fraction of sp³-hybridized carbons (Fsp3) is 0.855. The van der Waals surface area contributed by atoms with Crippen molar-refractivity contribution in [3.8, 4) is 0 Å². The van der Waals surface area contributed by atoms with Gasteiger partial charge < -0.3 is 39.4 Å². The molecule has 10 nitrogen and oxygen atoms in total. The Kier molecular flexibility index (Phi) is 42.8. The summed E-state index contributed by atoms with van der Waals surface area (Å²) in [6, 6.07) is 0. The van der Waals surface area contributed by atoms with Crippen molar-refractivity contribution in [2.45, 2.75) is 282 Å². The molecule has 0 spiro atoms. The molecule has 10 heteroatoms. The fourth-order valence-electron chi connectivity index (χ4n) is 8.20. The Balaban J connectivity index is 2.26. The van der Waals surface area contributed by atoms with Crippen LogP contribution in [0.25, 0.3) is 0 Å². The van der Waals surface area contributed by atoms with Gasteiger partial charge in [0, 0.05) is 12.8 Å². The summed E-state index contributed by atoms with van der Waals surface area (Å²) in [7, 11) is 0. The minimum atomic E-state index is -1.60. The molecule has 1 heterocycles. The van der Waals surface area contributed by atoms with E-state index in [1.54, 1.807) is 0 Å². The van der Waals surface area contributed by atoms with E-state index in [0.717, 1.165) is 57.8 Å². The molecule has 1 aliphatic rings. The smallest absolute Gasteiger partial charge is 0.306 e. The van der Waals surface area contributed by atoms with Gasteiger partial charge in [0.2, 0.25) is 0 Å². The summed E-state index contributed by atoms with van der Waals surface area (Å²) in [5.74, 6) is -0.853. The first-order valence-electron chi connectivity index (χ1n) is 27.1. The number of aliphatic hydroxyl groups is 4. The molecule has 6 atom stereocenters. The Morgan fingerprint density at radius 2 is 0.846 bits per heavy atom. The van der Waals surface area contributed by atoms with E-state index in [1.807, 2.05) is 0 Å². The number of rotatable bonds is 46. The fourth-order valence-corrected chi connectivity index (χ4v) is 8.20. The lowest BCUT2D eigenvalue weighted by molar-refractivity contribution is -0.305. The summed E-state index contributed by atoms with van der Waals surface area (Å²) in [4.78, 5) is 25.4. The van der Waals surface area contributed by atoms with Crippen molar-refractivity contribution in [2.75, 3.05) is 19.8 Å². The van der Waals surface area contributed by atoms with Gasteiger partial charge in [-0.15, -0.1) is 0 Å². The summed E-state index contributed by atoms with van der Waals surface area (Å²) < 4.78 is 22.2. The van der Waals surface area contributed by atoms with Crippen molar-refractivity contribution in [3.05, 3.63) is 36.5 Å². The highest BCUT2D eigenvalue weighted by Gasteiger charge is 2.44. The van der Waals surface area contributed by atoms with E-state index in [2.05, 4.69) is 50.3 Å². The number of allylic oxidation sites excluding steroid dienone is 6. The van der Waals surface area contributed by atoms with Gasteiger partial charge in [-0.2, -0.15) is 0 Å². The summed E-state index contributed by atoms with van der Waals surface area (Å²) >= 11 is 0. The summed E-state index contributed by atoms with van der Waals surface area (Å²) in [5.41, 5.74) is 0. The van der Waals surface area contributed by atoms with Gasteiger partial charge in [-0.1, -0.05) is 198 Å². The molecule has 0 amide bonds. The Bertz CT molecular complexity index is 1160. The summed E-state index contributed by atoms with van der Waals surface area (Å²) in [5, 5.41) is 40.2. The normalized spacial score (nSPS) is 19.5. The molecule has 1 rings (SSSR count).